The Hall–Kier alpha value is -3.53. The number of amides is 2. The number of nitro benzene ring substituents is 1. The van der Waals surface area contributed by atoms with E-state index in [2.05, 4.69) is 0 Å². The van der Waals surface area contributed by atoms with E-state index in [9.17, 15) is 19.7 Å². The first-order valence-corrected chi connectivity index (χ1v) is 12.1. The number of thioether (sulfide) groups is 1. The fraction of sp³-hybridized carbons (Fsp3) is 0.120. The van der Waals surface area contributed by atoms with Crippen molar-refractivity contribution in [3.05, 3.63) is 102 Å². The van der Waals surface area contributed by atoms with Crippen LogP contribution in [0.25, 0.3) is 6.08 Å². The monoisotopic (exact) mass is 544 g/mol. The zero-order valence-corrected chi connectivity index (χ0v) is 21.1. The molecule has 1 heterocycles. The molecule has 36 heavy (non-hydrogen) atoms. The van der Waals surface area contributed by atoms with Crippen molar-refractivity contribution in [1.82, 2.24) is 4.90 Å². The highest BCUT2D eigenvalue weighted by Crippen LogP contribution is 2.40. The molecular formula is C25H18Cl2N2O6S. The number of carbonyl (C=O) groups is 2. The van der Waals surface area contributed by atoms with E-state index in [1.165, 1.54) is 31.4 Å². The predicted octanol–water partition coefficient (Wildman–Crippen LogP) is 6.73. The van der Waals surface area contributed by atoms with E-state index in [1.807, 2.05) is 18.2 Å². The molecule has 4 rings (SSSR count). The summed E-state index contributed by atoms with van der Waals surface area (Å²) in [7, 11) is 1.47. The minimum Gasteiger partial charge on any atom is -0.493 e. The number of nitro groups is 1. The molecule has 2 amide bonds. The summed E-state index contributed by atoms with van der Waals surface area (Å²) in [5.41, 5.74) is 1.85. The molecule has 1 aliphatic heterocycles. The van der Waals surface area contributed by atoms with Crippen LogP contribution in [-0.4, -0.2) is 28.1 Å². The molecular weight excluding hydrogens is 527 g/mol. The lowest BCUT2D eigenvalue weighted by Gasteiger charge is -2.14. The van der Waals surface area contributed by atoms with Crippen molar-refractivity contribution >= 4 is 57.9 Å². The maximum absolute atomic E-state index is 12.9. The smallest absolute Gasteiger partial charge is 0.293 e. The van der Waals surface area contributed by atoms with Gasteiger partial charge in [0.25, 0.3) is 16.8 Å². The second-order valence-corrected chi connectivity index (χ2v) is 9.41. The maximum atomic E-state index is 12.9. The number of carbonyl (C=O) groups excluding carboxylic acids is 2. The third-order valence-corrected chi connectivity index (χ3v) is 6.80. The van der Waals surface area contributed by atoms with Crippen LogP contribution in [-0.2, 0) is 17.9 Å². The Balaban J connectivity index is 1.52. The number of rotatable bonds is 8. The number of non-ortho nitro benzene ring substituents is 1. The molecule has 0 radical (unpaired) electrons. The molecule has 3 aromatic carbocycles. The molecule has 0 bridgehead atoms. The van der Waals surface area contributed by atoms with Crippen molar-refractivity contribution in [1.29, 1.82) is 0 Å². The van der Waals surface area contributed by atoms with Crippen LogP contribution in [0.4, 0.5) is 10.5 Å². The average molecular weight is 545 g/mol. The van der Waals surface area contributed by atoms with E-state index in [0.717, 1.165) is 22.2 Å². The maximum Gasteiger partial charge on any atom is 0.293 e. The fourth-order valence-electron chi connectivity index (χ4n) is 3.42. The minimum atomic E-state index is -0.515. The van der Waals surface area contributed by atoms with Crippen LogP contribution in [0.5, 0.6) is 11.5 Å². The zero-order chi connectivity index (χ0) is 25.8. The van der Waals surface area contributed by atoms with Crippen LogP contribution in [0.2, 0.25) is 10.0 Å². The van der Waals surface area contributed by atoms with Crippen LogP contribution in [0.1, 0.15) is 16.7 Å². The van der Waals surface area contributed by atoms with Gasteiger partial charge in [0.2, 0.25) is 0 Å². The molecule has 184 valence electrons. The summed E-state index contributed by atoms with van der Waals surface area (Å²) in [5.74, 6) is 0.200. The molecule has 11 heteroatoms. The van der Waals surface area contributed by atoms with Gasteiger partial charge in [-0.2, -0.15) is 0 Å². The van der Waals surface area contributed by atoms with Crippen LogP contribution in [0, 0.1) is 10.1 Å². The average Bonchev–Trinajstić information content (AvgIpc) is 3.11. The quantitative estimate of drug-likeness (QED) is 0.176. The van der Waals surface area contributed by atoms with Gasteiger partial charge in [-0.3, -0.25) is 24.6 Å². The highest BCUT2D eigenvalue weighted by atomic mass is 35.5. The van der Waals surface area contributed by atoms with Crippen molar-refractivity contribution < 1.29 is 24.0 Å². The Morgan fingerprint density at radius 1 is 1.06 bits per heavy atom. The number of imide groups is 1. The summed E-state index contributed by atoms with van der Waals surface area (Å²) < 4.78 is 11.3. The number of nitrogens with zero attached hydrogens (tertiary/aromatic N) is 2. The summed E-state index contributed by atoms with van der Waals surface area (Å²) in [6, 6.07) is 16.2. The van der Waals surface area contributed by atoms with Crippen molar-refractivity contribution in [2.75, 3.05) is 7.11 Å². The molecule has 3 aromatic rings. The molecule has 0 aliphatic carbocycles. The first-order chi connectivity index (χ1) is 17.3. The van der Waals surface area contributed by atoms with Gasteiger partial charge in [-0.15, -0.1) is 0 Å². The largest absolute Gasteiger partial charge is 0.493 e. The van der Waals surface area contributed by atoms with Crippen molar-refractivity contribution in [2.24, 2.45) is 0 Å². The Kier molecular flexibility index (Phi) is 7.83. The van der Waals surface area contributed by atoms with E-state index in [1.54, 1.807) is 24.3 Å². The molecule has 8 nitrogen and oxygen atoms in total. The molecule has 0 aromatic heterocycles. The predicted molar refractivity (Wildman–Crippen MR) is 138 cm³/mol. The van der Waals surface area contributed by atoms with Crippen LogP contribution in [0.15, 0.2) is 65.6 Å². The van der Waals surface area contributed by atoms with E-state index >= 15 is 0 Å². The second kappa shape index (κ2) is 11.0. The molecule has 1 fully saturated rings. The highest BCUT2D eigenvalue weighted by Gasteiger charge is 2.35. The SMILES string of the molecule is COc1cc(/C=C2\SC(=O)N(Cc3ccc([N+](=O)[O-])cc3)C2=O)cc(Cl)c1OCc1ccccc1Cl. The molecule has 0 unspecified atom stereocenters. The van der Waals surface area contributed by atoms with Gasteiger partial charge in [-0.1, -0.05) is 53.5 Å². The number of halogens is 2. The summed E-state index contributed by atoms with van der Waals surface area (Å²) in [6.07, 6.45) is 1.55. The molecule has 0 saturated carbocycles. The van der Waals surface area contributed by atoms with Crippen LogP contribution >= 0.6 is 35.0 Å². The van der Waals surface area contributed by atoms with Gasteiger partial charge in [0.15, 0.2) is 11.5 Å². The normalized spacial score (nSPS) is 14.4. The summed E-state index contributed by atoms with van der Waals surface area (Å²) in [6.45, 7) is 0.176. The molecule has 1 saturated heterocycles. The number of ether oxygens (including phenoxy) is 2. The Bertz CT molecular complexity index is 1380. The van der Waals surface area contributed by atoms with Gasteiger partial charge >= 0.3 is 0 Å². The topological polar surface area (TPSA) is 99.0 Å². The molecule has 0 N–H and O–H groups in total. The van der Waals surface area contributed by atoms with Gasteiger partial charge in [-0.25, -0.2) is 0 Å². The van der Waals surface area contributed by atoms with Crippen molar-refractivity contribution in [3.8, 4) is 11.5 Å². The van der Waals surface area contributed by atoms with Crippen LogP contribution < -0.4 is 9.47 Å². The summed E-state index contributed by atoms with van der Waals surface area (Å²) >= 11 is 13.4. The number of hydrogen-bond donors (Lipinski definition) is 0. The number of benzene rings is 3. The third-order valence-electron chi connectivity index (χ3n) is 5.24. The lowest BCUT2D eigenvalue weighted by molar-refractivity contribution is -0.384. The lowest BCUT2D eigenvalue weighted by Crippen LogP contribution is -2.27. The van der Waals surface area contributed by atoms with Crippen molar-refractivity contribution in [3.63, 3.8) is 0 Å². The number of hydrogen-bond acceptors (Lipinski definition) is 7. The van der Waals surface area contributed by atoms with Gasteiger partial charge in [0.1, 0.15) is 6.61 Å². The first-order valence-electron chi connectivity index (χ1n) is 10.5. The first kappa shape index (κ1) is 25.6. The summed E-state index contributed by atoms with van der Waals surface area (Å²) in [5, 5.41) is 11.2. The molecule has 0 atom stereocenters. The molecule has 0 spiro atoms. The zero-order valence-electron chi connectivity index (χ0n) is 18.8. The van der Waals surface area contributed by atoms with Crippen LogP contribution in [0.3, 0.4) is 0 Å². The Morgan fingerprint density at radius 3 is 2.44 bits per heavy atom. The Labute approximate surface area is 220 Å². The molecule has 1 aliphatic rings. The highest BCUT2D eigenvalue weighted by molar-refractivity contribution is 8.18. The fourth-order valence-corrected chi connectivity index (χ4v) is 4.72. The number of methoxy groups -OCH3 is 1. The lowest BCUT2D eigenvalue weighted by atomic mass is 10.1. The summed E-state index contributed by atoms with van der Waals surface area (Å²) in [4.78, 5) is 37.0. The Morgan fingerprint density at radius 2 is 1.78 bits per heavy atom. The van der Waals surface area contributed by atoms with E-state index in [0.29, 0.717) is 27.6 Å². The van der Waals surface area contributed by atoms with E-state index in [-0.39, 0.29) is 28.8 Å². The second-order valence-electron chi connectivity index (χ2n) is 7.61. The standard InChI is InChI=1S/C25H18Cl2N2O6S/c1-34-21-11-16(10-20(27)23(21)35-14-17-4-2-3-5-19(17)26)12-22-24(30)28(25(31)36-22)13-15-6-8-18(9-7-15)29(32)33/h2-12H,13-14H2,1H3/b22-12-. The van der Waals surface area contributed by atoms with Crippen molar-refractivity contribution in [2.45, 2.75) is 13.2 Å². The van der Waals surface area contributed by atoms with Gasteiger partial charge in [0.05, 0.1) is 28.5 Å². The van der Waals surface area contributed by atoms with Gasteiger partial charge in [0, 0.05) is 22.7 Å². The van der Waals surface area contributed by atoms with Gasteiger partial charge in [-0.05, 0) is 47.2 Å². The minimum absolute atomic E-state index is 0.00109. The van der Waals surface area contributed by atoms with E-state index < -0.39 is 16.1 Å². The van der Waals surface area contributed by atoms with Gasteiger partial charge < -0.3 is 9.47 Å². The third kappa shape index (κ3) is 5.64. The van der Waals surface area contributed by atoms with E-state index in [4.69, 9.17) is 32.7 Å².